The van der Waals surface area contributed by atoms with Crippen LogP contribution >= 0.6 is 0 Å². The number of hydrogen-bond donors (Lipinski definition) is 0. The van der Waals surface area contributed by atoms with E-state index in [0.717, 1.165) is 36.2 Å². The van der Waals surface area contributed by atoms with Crippen molar-refractivity contribution in [3.63, 3.8) is 0 Å². The van der Waals surface area contributed by atoms with Crippen molar-refractivity contribution >= 4 is 0 Å². The van der Waals surface area contributed by atoms with Gasteiger partial charge >= 0.3 is 0 Å². The quantitative estimate of drug-likeness (QED) is 0.434. The molecule has 5 aliphatic carbocycles. The van der Waals surface area contributed by atoms with E-state index < -0.39 is 0 Å². The Bertz CT molecular complexity index is 745. The molecule has 6 aliphatic rings. The first-order chi connectivity index (χ1) is 13.4. The minimum atomic E-state index is 0.428. The molecule has 0 aromatic carbocycles. The second-order valence-electron chi connectivity index (χ2n) is 12.1. The Morgan fingerprint density at radius 1 is 0.964 bits per heavy atom. The molecule has 2 unspecified atom stereocenters. The van der Waals surface area contributed by atoms with Crippen molar-refractivity contribution in [1.29, 1.82) is 0 Å². The van der Waals surface area contributed by atoms with Gasteiger partial charge in [-0.25, -0.2) is 0 Å². The van der Waals surface area contributed by atoms with Gasteiger partial charge in [0.15, 0.2) is 0 Å². The predicted octanol–water partition coefficient (Wildman–Crippen LogP) is 7.14. The summed E-state index contributed by atoms with van der Waals surface area (Å²) in [6.45, 7) is 11.2. The summed E-state index contributed by atoms with van der Waals surface area (Å²) < 4.78 is 6.46. The summed E-state index contributed by atoms with van der Waals surface area (Å²) in [6, 6.07) is 0. The molecule has 1 nitrogen and oxygen atoms in total. The van der Waals surface area contributed by atoms with Crippen LogP contribution in [0, 0.1) is 52.3 Å². The van der Waals surface area contributed by atoms with E-state index in [1.807, 2.05) is 0 Å². The molecule has 3 saturated carbocycles. The molecule has 0 aromatic heterocycles. The maximum atomic E-state index is 6.46. The number of hydrogen-bond acceptors (Lipinski definition) is 1. The van der Waals surface area contributed by atoms with Crippen LogP contribution in [0.4, 0.5) is 0 Å². The highest BCUT2D eigenvalue weighted by Crippen LogP contribution is 2.71. The van der Waals surface area contributed by atoms with E-state index in [0.29, 0.717) is 22.7 Å². The third-order valence-corrected chi connectivity index (χ3v) is 11.0. The van der Waals surface area contributed by atoms with E-state index in [4.69, 9.17) is 4.74 Å². The summed E-state index contributed by atoms with van der Waals surface area (Å²) in [4.78, 5) is 0. The lowest BCUT2D eigenvalue weighted by Gasteiger charge is -2.61. The molecule has 0 amide bonds. The van der Waals surface area contributed by atoms with Crippen LogP contribution in [0.5, 0.6) is 0 Å². The SMILES string of the molecule is CC1COC2=C(C1)C1=C[C@H]3[C@@H](CCC4CCCC[C@@]43C)[C@@H]3CC[C@H]([C@@H]2C)[C@@]13C. The summed E-state index contributed by atoms with van der Waals surface area (Å²) in [5.41, 5.74) is 4.45. The van der Waals surface area contributed by atoms with Crippen molar-refractivity contribution in [2.24, 2.45) is 52.3 Å². The number of fused-ring (bicyclic) bond motifs is 5. The molecule has 0 spiro atoms. The molecule has 0 radical (unpaired) electrons. The largest absolute Gasteiger partial charge is 0.497 e. The summed E-state index contributed by atoms with van der Waals surface area (Å²) in [6.07, 6.45) is 16.0. The van der Waals surface area contributed by atoms with Crippen molar-refractivity contribution in [1.82, 2.24) is 0 Å². The lowest BCUT2D eigenvalue weighted by Crippen LogP contribution is -2.54. The Hall–Kier alpha value is -0.720. The van der Waals surface area contributed by atoms with Crippen molar-refractivity contribution in [3.8, 4) is 0 Å². The van der Waals surface area contributed by atoms with Gasteiger partial charge in [0.25, 0.3) is 0 Å². The first-order valence-electron chi connectivity index (χ1n) is 12.5. The van der Waals surface area contributed by atoms with Crippen LogP contribution in [-0.4, -0.2) is 6.61 Å². The van der Waals surface area contributed by atoms with E-state index in [1.54, 1.807) is 11.1 Å². The fourth-order valence-electron chi connectivity index (χ4n) is 9.68. The van der Waals surface area contributed by atoms with Crippen molar-refractivity contribution in [2.45, 2.75) is 85.5 Å². The van der Waals surface area contributed by atoms with Gasteiger partial charge in [0, 0.05) is 5.92 Å². The molecule has 0 saturated heterocycles. The van der Waals surface area contributed by atoms with Crippen LogP contribution < -0.4 is 0 Å². The second-order valence-corrected chi connectivity index (χ2v) is 12.1. The van der Waals surface area contributed by atoms with Crippen LogP contribution in [0.15, 0.2) is 23.0 Å². The smallest absolute Gasteiger partial charge is 0.103 e. The van der Waals surface area contributed by atoms with E-state index in [-0.39, 0.29) is 0 Å². The molecule has 1 heteroatoms. The van der Waals surface area contributed by atoms with Crippen LogP contribution in [0.1, 0.15) is 85.5 Å². The third kappa shape index (κ3) is 2.10. The second kappa shape index (κ2) is 5.92. The van der Waals surface area contributed by atoms with Gasteiger partial charge in [0.05, 0.1) is 6.61 Å². The standard InChI is InChI=1S/C27H40O/c1-16-13-20-24-14-23-19(9-8-18-7-5-6-12-26(18,23)3)22-11-10-21(27(22,24)4)17(2)25(20)28-15-16/h14,16-19,21-23H,5-13,15H2,1-4H3/t16?,17-,18?,19-,21+,22-,23-,26-,27+/m0/s1. The Kier molecular flexibility index (Phi) is 3.82. The van der Waals surface area contributed by atoms with Gasteiger partial charge in [0.1, 0.15) is 5.76 Å². The zero-order chi connectivity index (χ0) is 19.3. The molecule has 154 valence electrons. The third-order valence-electron chi connectivity index (χ3n) is 11.0. The molecule has 9 atom stereocenters. The van der Waals surface area contributed by atoms with Crippen molar-refractivity contribution in [3.05, 3.63) is 23.0 Å². The predicted molar refractivity (Wildman–Crippen MR) is 115 cm³/mol. The molecule has 28 heavy (non-hydrogen) atoms. The summed E-state index contributed by atoms with van der Waals surface area (Å²) in [5.74, 6) is 7.23. The molecule has 1 heterocycles. The van der Waals surface area contributed by atoms with Gasteiger partial charge in [0.2, 0.25) is 0 Å². The normalized spacial score (nSPS) is 54.7. The Balaban J connectivity index is 1.53. The highest BCUT2D eigenvalue weighted by atomic mass is 16.5. The Labute approximate surface area is 172 Å². The van der Waals surface area contributed by atoms with Gasteiger partial charge in [-0.15, -0.1) is 0 Å². The van der Waals surface area contributed by atoms with Crippen LogP contribution in [0.25, 0.3) is 0 Å². The molecule has 6 rings (SSSR count). The minimum Gasteiger partial charge on any atom is -0.497 e. The molecular formula is C27H40O. The average molecular weight is 381 g/mol. The molecule has 0 aromatic rings. The first-order valence-corrected chi connectivity index (χ1v) is 12.5. The van der Waals surface area contributed by atoms with Gasteiger partial charge < -0.3 is 4.74 Å². The van der Waals surface area contributed by atoms with Gasteiger partial charge in [-0.05, 0) is 102 Å². The van der Waals surface area contributed by atoms with Gasteiger partial charge in [-0.2, -0.15) is 0 Å². The average Bonchev–Trinajstić information content (AvgIpc) is 3.03. The molecule has 0 bridgehead atoms. The number of ether oxygens (including phenoxy) is 1. The maximum Gasteiger partial charge on any atom is 0.103 e. The van der Waals surface area contributed by atoms with E-state index in [1.165, 1.54) is 63.5 Å². The molecular weight excluding hydrogens is 340 g/mol. The van der Waals surface area contributed by atoms with Crippen LogP contribution in [0.3, 0.4) is 0 Å². The summed E-state index contributed by atoms with van der Waals surface area (Å²) in [5, 5.41) is 0. The first kappa shape index (κ1) is 18.1. The fraction of sp³-hybridized carbons (Fsp3) is 0.852. The highest BCUT2D eigenvalue weighted by Gasteiger charge is 2.63. The molecule has 3 fully saturated rings. The lowest BCUT2D eigenvalue weighted by molar-refractivity contribution is -0.0623. The zero-order valence-electron chi connectivity index (χ0n) is 18.6. The highest BCUT2D eigenvalue weighted by molar-refractivity contribution is 5.48. The van der Waals surface area contributed by atoms with Crippen LogP contribution in [0.2, 0.25) is 0 Å². The zero-order valence-corrected chi connectivity index (χ0v) is 18.6. The summed E-state index contributed by atoms with van der Waals surface area (Å²) >= 11 is 0. The minimum absolute atomic E-state index is 0.428. The maximum absolute atomic E-state index is 6.46. The van der Waals surface area contributed by atoms with E-state index in [9.17, 15) is 0 Å². The van der Waals surface area contributed by atoms with Gasteiger partial charge in [-0.1, -0.05) is 46.6 Å². The van der Waals surface area contributed by atoms with Crippen molar-refractivity contribution in [2.75, 3.05) is 6.61 Å². The van der Waals surface area contributed by atoms with E-state index in [2.05, 4.69) is 33.8 Å². The van der Waals surface area contributed by atoms with E-state index >= 15 is 0 Å². The summed E-state index contributed by atoms with van der Waals surface area (Å²) in [7, 11) is 0. The Morgan fingerprint density at radius 2 is 1.79 bits per heavy atom. The fourth-order valence-corrected chi connectivity index (χ4v) is 9.68. The number of rotatable bonds is 0. The van der Waals surface area contributed by atoms with Crippen LogP contribution in [-0.2, 0) is 4.74 Å². The van der Waals surface area contributed by atoms with Crippen molar-refractivity contribution < 1.29 is 4.74 Å². The molecule has 0 N–H and O–H groups in total. The lowest BCUT2D eigenvalue weighted by atomic mass is 9.44. The molecule has 1 aliphatic heterocycles. The Morgan fingerprint density at radius 3 is 2.64 bits per heavy atom. The topological polar surface area (TPSA) is 9.23 Å². The monoisotopic (exact) mass is 380 g/mol. The van der Waals surface area contributed by atoms with Gasteiger partial charge in [-0.3, -0.25) is 0 Å². The number of allylic oxidation sites excluding steroid dienone is 4.